The Bertz CT molecular complexity index is 571. The Balaban J connectivity index is 2.18. The molecule has 0 radical (unpaired) electrons. The van der Waals surface area contributed by atoms with Crippen molar-refractivity contribution >= 4 is 10.0 Å². The van der Waals surface area contributed by atoms with E-state index in [4.69, 9.17) is 4.74 Å². The van der Waals surface area contributed by atoms with E-state index in [1.54, 1.807) is 0 Å². The van der Waals surface area contributed by atoms with Crippen molar-refractivity contribution in [1.29, 1.82) is 0 Å². The van der Waals surface area contributed by atoms with Crippen molar-refractivity contribution in [3.63, 3.8) is 0 Å². The molecule has 0 atom stereocenters. The highest BCUT2D eigenvalue weighted by molar-refractivity contribution is 7.89. The van der Waals surface area contributed by atoms with Crippen LogP contribution in [0.5, 0.6) is 0 Å². The molecular formula is C13H17F2NO3S. The van der Waals surface area contributed by atoms with Crippen LogP contribution in [0.1, 0.15) is 12.8 Å². The third-order valence-electron chi connectivity index (χ3n) is 3.44. The zero-order valence-corrected chi connectivity index (χ0v) is 12.0. The normalized spacial score (nSPS) is 17.6. The number of hydrogen-bond donors (Lipinski definition) is 0. The van der Waals surface area contributed by atoms with Gasteiger partial charge in [-0.2, -0.15) is 0 Å². The van der Waals surface area contributed by atoms with Gasteiger partial charge in [0.15, 0.2) is 0 Å². The SMILES string of the molecule is CN(CC1CCOCC1)S(=O)(=O)c1cc(F)ccc1F. The molecule has 1 aliphatic heterocycles. The van der Waals surface area contributed by atoms with Gasteiger partial charge in [-0.25, -0.2) is 21.5 Å². The van der Waals surface area contributed by atoms with Crippen molar-refractivity contribution in [1.82, 2.24) is 4.31 Å². The second-order valence-corrected chi connectivity index (χ2v) is 6.93. The summed E-state index contributed by atoms with van der Waals surface area (Å²) in [7, 11) is -2.63. The second-order valence-electron chi connectivity index (χ2n) is 4.92. The molecule has 1 aliphatic rings. The van der Waals surface area contributed by atoms with E-state index in [0.717, 1.165) is 29.3 Å². The van der Waals surface area contributed by atoms with Gasteiger partial charge in [-0.05, 0) is 37.0 Å². The lowest BCUT2D eigenvalue weighted by Crippen LogP contribution is -2.34. The lowest BCUT2D eigenvalue weighted by Gasteiger charge is -2.26. The molecule has 1 fully saturated rings. The largest absolute Gasteiger partial charge is 0.381 e. The molecule has 1 heterocycles. The average molecular weight is 305 g/mol. The maximum absolute atomic E-state index is 13.6. The molecule has 0 unspecified atom stereocenters. The Labute approximate surface area is 117 Å². The van der Waals surface area contributed by atoms with Crippen LogP contribution < -0.4 is 0 Å². The minimum Gasteiger partial charge on any atom is -0.381 e. The number of halogens is 2. The van der Waals surface area contributed by atoms with Crippen LogP contribution in [0.2, 0.25) is 0 Å². The Kier molecular flexibility index (Phi) is 4.72. The molecule has 1 saturated heterocycles. The molecule has 1 aromatic rings. The van der Waals surface area contributed by atoms with E-state index in [1.807, 2.05) is 0 Å². The van der Waals surface area contributed by atoms with Crippen LogP contribution in [0.15, 0.2) is 23.1 Å². The molecule has 0 bridgehead atoms. The van der Waals surface area contributed by atoms with Gasteiger partial charge in [0, 0.05) is 26.8 Å². The monoisotopic (exact) mass is 305 g/mol. The quantitative estimate of drug-likeness (QED) is 0.855. The summed E-state index contributed by atoms with van der Waals surface area (Å²) in [5, 5.41) is 0. The van der Waals surface area contributed by atoms with Crippen LogP contribution in [-0.4, -0.2) is 39.5 Å². The summed E-state index contributed by atoms with van der Waals surface area (Å²) in [6.07, 6.45) is 1.54. The van der Waals surface area contributed by atoms with Gasteiger partial charge in [-0.15, -0.1) is 0 Å². The van der Waals surface area contributed by atoms with Crippen molar-refractivity contribution in [2.24, 2.45) is 5.92 Å². The fourth-order valence-electron chi connectivity index (χ4n) is 2.23. The molecule has 20 heavy (non-hydrogen) atoms. The Morgan fingerprint density at radius 2 is 1.95 bits per heavy atom. The summed E-state index contributed by atoms with van der Waals surface area (Å²) >= 11 is 0. The highest BCUT2D eigenvalue weighted by Crippen LogP contribution is 2.22. The Morgan fingerprint density at radius 1 is 1.30 bits per heavy atom. The molecular weight excluding hydrogens is 288 g/mol. The van der Waals surface area contributed by atoms with E-state index in [1.165, 1.54) is 7.05 Å². The first-order valence-electron chi connectivity index (χ1n) is 6.40. The number of benzene rings is 1. The molecule has 7 heteroatoms. The fraction of sp³-hybridized carbons (Fsp3) is 0.538. The summed E-state index contributed by atoms with van der Waals surface area (Å²) < 4.78 is 57.6. The zero-order chi connectivity index (χ0) is 14.8. The van der Waals surface area contributed by atoms with Crippen molar-refractivity contribution in [3.8, 4) is 0 Å². The minimum absolute atomic E-state index is 0.181. The molecule has 2 rings (SSSR count). The number of ether oxygens (including phenoxy) is 1. The maximum Gasteiger partial charge on any atom is 0.245 e. The Hall–Kier alpha value is -1.05. The third kappa shape index (κ3) is 3.34. The molecule has 0 amide bonds. The van der Waals surface area contributed by atoms with Crippen LogP contribution in [0, 0.1) is 17.6 Å². The summed E-state index contributed by atoms with van der Waals surface area (Å²) in [6.45, 7) is 1.49. The van der Waals surface area contributed by atoms with Gasteiger partial charge in [0.2, 0.25) is 10.0 Å². The predicted molar refractivity (Wildman–Crippen MR) is 69.7 cm³/mol. The first kappa shape index (κ1) is 15.3. The Morgan fingerprint density at radius 3 is 2.60 bits per heavy atom. The van der Waals surface area contributed by atoms with Gasteiger partial charge in [0.05, 0.1) is 0 Å². The van der Waals surface area contributed by atoms with E-state index < -0.39 is 26.6 Å². The highest BCUT2D eigenvalue weighted by atomic mass is 32.2. The lowest BCUT2D eigenvalue weighted by atomic mass is 10.0. The number of nitrogens with zero attached hydrogens (tertiary/aromatic N) is 1. The number of hydrogen-bond acceptors (Lipinski definition) is 3. The van der Waals surface area contributed by atoms with Gasteiger partial charge in [-0.1, -0.05) is 0 Å². The van der Waals surface area contributed by atoms with Crippen LogP contribution in [0.4, 0.5) is 8.78 Å². The van der Waals surface area contributed by atoms with Gasteiger partial charge in [0.25, 0.3) is 0 Å². The fourth-order valence-corrected chi connectivity index (χ4v) is 3.55. The number of rotatable bonds is 4. The van der Waals surface area contributed by atoms with Gasteiger partial charge < -0.3 is 4.74 Å². The van der Waals surface area contributed by atoms with Gasteiger partial charge in [0.1, 0.15) is 16.5 Å². The van der Waals surface area contributed by atoms with Gasteiger partial charge >= 0.3 is 0 Å². The topological polar surface area (TPSA) is 46.6 Å². The van der Waals surface area contributed by atoms with E-state index in [9.17, 15) is 17.2 Å². The molecule has 4 nitrogen and oxygen atoms in total. The van der Waals surface area contributed by atoms with E-state index in [-0.39, 0.29) is 12.5 Å². The molecule has 0 aromatic heterocycles. The maximum atomic E-state index is 13.6. The molecule has 0 aliphatic carbocycles. The molecule has 1 aromatic carbocycles. The summed E-state index contributed by atoms with van der Waals surface area (Å²) in [6, 6.07) is 2.43. The van der Waals surface area contributed by atoms with Crippen LogP contribution in [-0.2, 0) is 14.8 Å². The van der Waals surface area contributed by atoms with Crippen LogP contribution in [0.3, 0.4) is 0 Å². The van der Waals surface area contributed by atoms with Crippen molar-refractivity contribution in [3.05, 3.63) is 29.8 Å². The molecule has 112 valence electrons. The van der Waals surface area contributed by atoms with E-state index in [2.05, 4.69) is 0 Å². The van der Waals surface area contributed by atoms with Crippen molar-refractivity contribution < 1.29 is 21.9 Å². The summed E-state index contributed by atoms with van der Waals surface area (Å²) in [5.41, 5.74) is 0. The second kappa shape index (κ2) is 6.15. The minimum atomic E-state index is -4.01. The van der Waals surface area contributed by atoms with E-state index in [0.29, 0.717) is 19.3 Å². The summed E-state index contributed by atoms with van der Waals surface area (Å²) in [4.78, 5) is -0.618. The van der Waals surface area contributed by atoms with E-state index >= 15 is 0 Å². The predicted octanol–water partition coefficient (Wildman–Crippen LogP) is 2.01. The smallest absolute Gasteiger partial charge is 0.245 e. The first-order chi connectivity index (χ1) is 9.41. The first-order valence-corrected chi connectivity index (χ1v) is 7.84. The average Bonchev–Trinajstić information content (AvgIpc) is 2.42. The lowest BCUT2D eigenvalue weighted by molar-refractivity contribution is 0.0620. The molecule has 0 saturated carbocycles. The number of sulfonamides is 1. The summed E-state index contributed by atoms with van der Waals surface area (Å²) in [5.74, 6) is -1.53. The van der Waals surface area contributed by atoms with Crippen LogP contribution in [0.25, 0.3) is 0 Å². The molecule has 0 N–H and O–H groups in total. The van der Waals surface area contributed by atoms with Crippen LogP contribution >= 0.6 is 0 Å². The van der Waals surface area contributed by atoms with Crippen molar-refractivity contribution in [2.45, 2.75) is 17.7 Å². The van der Waals surface area contributed by atoms with Crippen molar-refractivity contribution in [2.75, 3.05) is 26.8 Å². The zero-order valence-electron chi connectivity index (χ0n) is 11.2. The van der Waals surface area contributed by atoms with Gasteiger partial charge in [-0.3, -0.25) is 0 Å². The third-order valence-corrected chi connectivity index (χ3v) is 5.28. The standard InChI is InChI=1S/C13H17F2NO3S/c1-16(9-10-4-6-19-7-5-10)20(17,18)13-8-11(14)2-3-12(13)15/h2-3,8,10H,4-7,9H2,1H3. The molecule has 0 spiro atoms. The highest BCUT2D eigenvalue weighted by Gasteiger charge is 2.27.